The molecule has 0 fully saturated rings. The van der Waals surface area contributed by atoms with E-state index < -0.39 is 0 Å². The maximum atomic E-state index is 12.4. The third-order valence-corrected chi connectivity index (χ3v) is 3.85. The first-order valence-corrected chi connectivity index (χ1v) is 8.02. The highest BCUT2D eigenvalue weighted by atomic mass is 16.5. The number of hydrogen-bond donors (Lipinski definition) is 1. The van der Waals surface area contributed by atoms with Gasteiger partial charge in [0.1, 0.15) is 0 Å². The van der Waals surface area contributed by atoms with Crippen molar-refractivity contribution in [3.05, 3.63) is 46.8 Å². The summed E-state index contributed by atoms with van der Waals surface area (Å²) in [7, 11) is 1.80. The Hall–Kier alpha value is -2.63. The van der Waals surface area contributed by atoms with Crippen molar-refractivity contribution >= 4 is 17.6 Å². The Morgan fingerprint density at radius 1 is 1.21 bits per heavy atom. The smallest absolute Gasteiger partial charge is 0.338 e. The van der Waals surface area contributed by atoms with Crippen LogP contribution in [0.5, 0.6) is 0 Å². The van der Waals surface area contributed by atoms with Gasteiger partial charge >= 0.3 is 5.97 Å². The van der Waals surface area contributed by atoms with Gasteiger partial charge < -0.3 is 10.1 Å². The number of unbranched alkanes of at least 4 members (excludes halogenated alkanes) is 1. The fraction of sp³-hybridized carbons (Fsp3) is 0.389. The zero-order valence-electron chi connectivity index (χ0n) is 14.5. The average Bonchev–Trinajstić information content (AvgIpc) is 2.80. The van der Waals surface area contributed by atoms with Crippen LogP contribution in [0.4, 0.5) is 5.69 Å². The van der Waals surface area contributed by atoms with Gasteiger partial charge in [-0.2, -0.15) is 5.10 Å². The van der Waals surface area contributed by atoms with E-state index in [0.717, 1.165) is 18.5 Å². The van der Waals surface area contributed by atoms with Gasteiger partial charge in [0.05, 0.1) is 23.4 Å². The van der Waals surface area contributed by atoms with Crippen LogP contribution >= 0.6 is 0 Å². The molecule has 0 saturated heterocycles. The molecule has 0 aliphatic carbocycles. The number of anilines is 1. The predicted molar refractivity (Wildman–Crippen MR) is 92.3 cm³/mol. The number of aromatic nitrogens is 2. The van der Waals surface area contributed by atoms with Gasteiger partial charge in [0.15, 0.2) is 0 Å². The van der Waals surface area contributed by atoms with E-state index in [4.69, 9.17) is 4.74 Å². The number of carbonyl (C=O) groups is 2. The number of carbonyl (C=O) groups excluding carboxylic acids is 2. The highest BCUT2D eigenvalue weighted by Crippen LogP contribution is 2.16. The molecule has 0 bridgehead atoms. The van der Waals surface area contributed by atoms with Crippen LogP contribution < -0.4 is 5.32 Å². The van der Waals surface area contributed by atoms with Crippen molar-refractivity contribution in [2.45, 2.75) is 33.6 Å². The second kappa shape index (κ2) is 7.77. The minimum Gasteiger partial charge on any atom is -0.462 e. The SMILES string of the molecule is CCCCOC(=O)c1ccc(NC(=O)c2c(C)nn(C)c2C)cc1. The molecule has 1 N–H and O–H groups in total. The van der Waals surface area contributed by atoms with Crippen molar-refractivity contribution in [3.8, 4) is 0 Å². The second-order valence-corrected chi connectivity index (χ2v) is 5.69. The second-order valence-electron chi connectivity index (χ2n) is 5.69. The average molecular weight is 329 g/mol. The number of hydrogen-bond acceptors (Lipinski definition) is 4. The summed E-state index contributed by atoms with van der Waals surface area (Å²) in [5, 5.41) is 7.07. The van der Waals surface area contributed by atoms with Crippen molar-refractivity contribution in [3.63, 3.8) is 0 Å². The van der Waals surface area contributed by atoms with Crippen molar-refractivity contribution in [2.24, 2.45) is 7.05 Å². The molecule has 6 nitrogen and oxygen atoms in total. The molecule has 6 heteroatoms. The molecule has 1 aromatic heterocycles. The molecule has 0 aliphatic rings. The zero-order valence-corrected chi connectivity index (χ0v) is 14.5. The molecule has 0 aliphatic heterocycles. The third-order valence-electron chi connectivity index (χ3n) is 3.85. The molecule has 0 unspecified atom stereocenters. The minimum absolute atomic E-state index is 0.212. The van der Waals surface area contributed by atoms with Gasteiger partial charge in [0.25, 0.3) is 5.91 Å². The van der Waals surface area contributed by atoms with Crippen molar-refractivity contribution in [1.82, 2.24) is 9.78 Å². The lowest BCUT2D eigenvalue weighted by Crippen LogP contribution is -2.14. The number of esters is 1. The van der Waals surface area contributed by atoms with E-state index in [2.05, 4.69) is 10.4 Å². The molecule has 1 heterocycles. The normalized spacial score (nSPS) is 10.5. The van der Waals surface area contributed by atoms with E-state index in [1.54, 1.807) is 42.9 Å². The molecule has 2 rings (SSSR count). The van der Waals surface area contributed by atoms with Gasteiger partial charge in [-0.25, -0.2) is 4.79 Å². The number of benzene rings is 1. The van der Waals surface area contributed by atoms with Crippen molar-refractivity contribution < 1.29 is 14.3 Å². The number of rotatable bonds is 6. The Balaban J connectivity index is 2.03. The molecule has 2 aromatic rings. The quantitative estimate of drug-likeness (QED) is 0.652. The first kappa shape index (κ1) is 17.7. The molecule has 0 spiro atoms. The van der Waals surface area contributed by atoms with Crippen LogP contribution in [-0.4, -0.2) is 28.3 Å². The van der Waals surface area contributed by atoms with Crippen molar-refractivity contribution in [1.29, 1.82) is 0 Å². The lowest BCUT2D eigenvalue weighted by Gasteiger charge is -2.07. The predicted octanol–water partition coefficient (Wildman–Crippen LogP) is 3.25. The molecule has 1 amide bonds. The van der Waals surface area contributed by atoms with E-state index in [-0.39, 0.29) is 11.9 Å². The molecule has 0 atom stereocenters. The number of ether oxygens (including phenoxy) is 1. The number of aryl methyl sites for hydroxylation is 2. The molecular formula is C18H23N3O3. The zero-order chi connectivity index (χ0) is 17.7. The Morgan fingerprint density at radius 2 is 1.88 bits per heavy atom. The summed E-state index contributed by atoms with van der Waals surface area (Å²) in [4.78, 5) is 24.3. The molecule has 0 radical (unpaired) electrons. The first-order valence-electron chi connectivity index (χ1n) is 8.02. The van der Waals surface area contributed by atoms with E-state index in [9.17, 15) is 9.59 Å². The van der Waals surface area contributed by atoms with Gasteiger partial charge in [-0.1, -0.05) is 13.3 Å². The van der Waals surface area contributed by atoms with Crippen LogP contribution in [-0.2, 0) is 11.8 Å². The fourth-order valence-corrected chi connectivity index (χ4v) is 2.38. The van der Waals surface area contributed by atoms with Crippen LogP contribution in [0.1, 0.15) is 51.9 Å². The largest absolute Gasteiger partial charge is 0.462 e. The number of nitrogens with one attached hydrogen (secondary N) is 1. The topological polar surface area (TPSA) is 73.2 Å². The highest BCUT2D eigenvalue weighted by Gasteiger charge is 2.17. The Morgan fingerprint density at radius 3 is 2.42 bits per heavy atom. The minimum atomic E-state index is -0.347. The van der Waals surface area contributed by atoms with Crippen LogP contribution in [0.25, 0.3) is 0 Å². The maximum Gasteiger partial charge on any atom is 0.338 e. The number of nitrogens with zero attached hydrogens (tertiary/aromatic N) is 2. The fourth-order valence-electron chi connectivity index (χ4n) is 2.38. The van der Waals surface area contributed by atoms with Crippen LogP contribution in [0.15, 0.2) is 24.3 Å². The molecule has 1 aromatic carbocycles. The number of amides is 1. The van der Waals surface area contributed by atoms with Crippen LogP contribution in [0.3, 0.4) is 0 Å². The van der Waals surface area contributed by atoms with Crippen LogP contribution in [0, 0.1) is 13.8 Å². The van der Waals surface area contributed by atoms with Crippen molar-refractivity contribution in [2.75, 3.05) is 11.9 Å². The summed E-state index contributed by atoms with van der Waals surface area (Å²) in [5.41, 5.74) is 3.15. The van der Waals surface area contributed by atoms with Gasteiger partial charge in [0.2, 0.25) is 0 Å². The third kappa shape index (κ3) is 4.01. The van der Waals surface area contributed by atoms with Gasteiger partial charge in [-0.3, -0.25) is 9.48 Å². The van der Waals surface area contributed by atoms with E-state index >= 15 is 0 Å². The summed E-state index contributed by atoms with van der Waals surface area (Å²) >= 11 is 0. The summed E-state index contributed by atoms with van der Waals surface area (Å²) in [6.45, 7) is 6.12. The maximum absolute atomic E-state index is 12.4. The Kier molecular flexibility index (Phi) is 5.73. The van der Waals surface area contributed by atoms with E-state index in [0.29, 0.717) is 29.1 Å². The Bertz CT molecular complexity index is 733. The summed E-state index contributed by atoms with van der Waals surface area (Å²) in [6.07, 6.45) is 1.83. The monoisotopic (exact) mass is 329 g/mol. The lowest BCUT2D eigenvalue weighted by molar-refractivity contribution is 0.0499. The van der Waals surface area contributed by atoms with Gasteiger partial charge in [-0.05, 0) is 44.5 Å². The van der Waals surface area contributed by atoms with Gasteiger partial charge in [-0.15, -0.1) is 0 Å². The van der Waals surface area contributed by atoms with E-state index in [1.807, 2.05) is 13.8 Å². The van der Waals surface area contributed by atoms with Crippen LogP contribution in [0.2, 0.25) is 0 Å². The first-order chi connectivity index (χ1) is 11.4. The summed E-state index contributed by atoms with van der Waals surface area (Å²) in [6, 6.07) is 6.67. The Labute approximate surface area is 141 Å². The molecular weight excluding hydrogens is 306 g/mol. The highest BCUT2D eigenvalue weighted by molar-refractivity contribution is 6.06. The molecule has 0 saturated carbocycles. The summed E-state index contributed by atoms with van der Waals surface area (Å²) in [5.74, 6) is -0.559. The molecule has 128 valence electrons. The lowest BCUT2D eigenvalue weighted by atomic mass is 10.1. The van der Waals surface area contributed by atoms with Gasteiger partial charge in [0, 0.05) is 18.4 Å². The van der Waals surface area contributed by atoms with E-state index in [1.165, 1.54) is 0 Å². The summed E-state index contributed by atoms with van der Waals surface area (Å²) < 4.78 is 6.84. The standard InChI is InChI=1S/C18H23N3O3/c1-5-6-11-24-18(23)14-7-9-15(10-8-14)19-17(22)16-12(2)20-21(4)13(16)3/h7-10H,5-6,11H2,1-4H3,(H,19,22). The molecule has 24 heavy (non-hydrogen) atoms.